The molecular weight excluding hydrogens is 392 g/mol. The van der Waals surface area contributed by atoms with Gasteiger partial charge in [-0.3, -0.25) is 4.79 Å². The van der Waals surface area contributed by atoms with Gasteiger partial charge in [-0.25, -0.2) is 13.1 Å². The normalized spacial score (nSPS) is 11.3. The monoisotopic (exact) mass is 420 g/mol. The molecule has 0 aromatic heterocycles. The molecule has 2 rings (SSSR count). The van der Waals surface area contributed by atoms with Crippen LogP contribution in [0.25, 0.3) is 0 Å². The fourth-order valence-electron chi connectivity index (χ4n) is 2.56. The zero-order valence-electron chi connectivity index (χ0n) is 17.0. The van der Waals surface area contributed by atoms with E-state index in [0.29, 0.717) is 18.9 Å². The van der Waals surface area contributed by atoms with Crippen LogP contribution in [0.15, 0.2) is 53.4 Å². The molecule has 8 heteroatoms. The Morgan fingerprint density at radius 1 is 1.07 bits per heavy atom. The summed E-state index contributed by atoms with van der Waals surface area (Å²) in [7, 11) is -3.68. The summed E-state index contributed by atoms with van der Waals surface area (Å²) in [6.45, 7) is 6.55. The fourth-order valence-corrected chi connectivity index (χ4v) is 3.60. The van der Waals surface area contributed by atoms with Crippen LogP contribution in [0.1, 0.15) is 32.8 Å². The van der Waals surface area contributed by atoms with Crippen LogP contribution in [-0.2, 0) is 21.4 Å². The number of ether oxygens (including phenoxy) is 2. The number of rotatable bonds is 11. The summed E-state index contributed by atoms with van der Waals surface area (Å²) in [6, 6.07) is 13.6. The predicted octanol–water partition coefficient (Wildman–Crippen LogP) is 2.86. The molecule has 0 atom stereocenters. The van der Waals surface area contributed by atoms with Crippen molar-refractivity contribution in [2.45, 2.75) is 44.7 Å². The van der Waals surface area contributed by atoms with Crippen molar-refractivity contribution < 1.29 is 22.7 Å². The average molecular weight is 421 g/mol. The van der Waals surface area contributed by atoms with E-state index in [9.17, 15) is 13.2 Å². The molecule has 1 amide bonds. The van der Waals surface area contributed by atoms with Gasteiger partial charge in [0.1, 0.15) is 11.5 Å². The van der Waals surface area contributed by atoms with Crippen LogP contribution in [0.3, 0.4) is 0 Å². The van der Waals surface area contributed by atoms with E-state index in [0.717, 1.165) is 11.3 Å². The van der Waals surface area contributed by atoms with Crippen LogP contribution in [0.5, 0.6) is 11.5 Å². The molecule has 2 N–H and O–H groups in total. The van der Waals surface area contributed by atoms with Crippen molar-refractivity contribution in [3.05, 3.63) is 54.1 Å². The first-order valence-electron chi connectivity index (χ1n) is 9.55. The minimum atomic E-state index is -3.68. The van der Waals surface area contributed by atoms with Gasteiger partial charge in [0.25, 0.3) is 0 Å². The highest BCUT2D eigenvalue weighted by Crippen LogP contribution is 2.19. The van der Waals surface area contributed by atoms with Crippen LogP contribution in [0.2, 0.25) is 0 Å². The molecule has 2 aromatic carbocycles. The molecule has 0 saturated heterocycles. The Kier molecular flexibility index (Phi) is 8.48. The van der Waals surface area contributed by atoms with E-state index < -0.39 is 10.0 Å². The second-order valence-electron chi connectivity index (χ2n) is 6.60. The Labute approximate surface area is 172 Å². The number of amides is 1. The van der Waals surface area contributed by atoms with Gasteiger partial charge in [0.15, 0.2) is 0 Å². The van der Waals surface area contributed by atoms with Crippen LogP contribution in [0, 0.1) is 0 Å². The van der Waals surface area contributed by atoms with Gasteiger partial charge >= 0.3 is 0 Å². The molecule has 0 aliphatic rings. The number of sulfonamides is 1. The minimum absolute atomic E-state index is 0.00548. The summed E-state index contributed by atoms with van der Waals surface area (Å²) >= 11 is 0. The lowest BCUT2D eigenvalue weighted by molar-refractivity contribution is -0.121. The largest absolute Gasteiger partial charge is 0.494 e. The van der Waals surface area contributed by atoms with Crippen molar-refractivity contribution in [3.8, 4) is 11.5 Å². The first-order valence-corrected chi connectivity index (χ1v) is 11.0. The topological polar surface area (TPSA) is 93.7 Å². The molecule has 29 heavy (non-hydrogen) atoms. The SMILES string of the molecule is CCOc1ccc(S(=O)(=O)NCCC(=O)NCc2ccccc2OC(C)C)cc1. The van der Waals surface area contributed by atoms with Gasteiger partial charge < -0.3 is 14.8 Å². The van der Waals surface area contributed by atoms with Crippen molar-refractivity contribution >= 4 is 15.9 Å². The third-order valence-corrected chi connectivity index (χ3v) is 5.38. The highest BCUT2D eigenvalue weighted by molar-refractivity contribution is 7.89. The van der Waals surface area contributed by atoms with Crippen LogP contribution < -0.4 is 19.5 Å². The van der Waals surface area contributed by atoms with Crippen molar-refractivity contribution in [3.63, 3.8) is 0 Å². The van der Waals surface area contributed by atoms with E-state index in [-0.39, 0.29) is 29.9 Å². The molecule has 7 nitrogen and oxygen atoms in total. The second-order valence-corrected chi connectivity index (χ2v) is 8.37. The van der Waals surface area contributed by atoms with Crippen molar-refractivity contribution in [2.24, 2.45) is 0 Å². The minimum Gasteiger partial charge on any atom is -0.494 e. The third kappa shape index (κ3) is 7.40. The van der Waals surface area contributed by atoms with Crippen LogP contribution in [-0.4, -0.2) is 33.6 Å². The number of nitrogens with one attached hydrogen (secondary N) is 2. The van der Waals surface area contributed by atoms with E-state index in [1.165, 1.54) is 12.1 Å². The molecule has 2 aromatic rings. The van der Waals surface area contributed by atoms with Crippen LogP contribution in [0.4, 0.5) is 0 Å². The number of hydrogen-bond donors (Lipinski definition) is 2. The smallest absolute Gasteiger partial charge is 0.240 e. The number of benzene rings is 2. The lowest BCUT2D eigenvalue weighted by Gasteiger charge is -2.14. The van der Waals surface area contributed by atoms with E-state index in [1.54, 1.807) is 12.1 Å². The maximum atomic E-state index is 12.3. The van der Waals surface area contributed by atoms with Crippen molar-refractivity contribution in [1.82, 2.24) is 10.0 Å². The van der Waals surface area contributed by atoms with Crippen molar-refractivity contribution in [1.29, 1.82) is 0 Å². The number of carbonyl (C=O) groups is 1. The summed E-state index contributed by atoms with van der Waals surface area (Å²) in [4.78, 5) is 12.2. The maximum Gasteiger partial charge on any atom is 0.240 e. The standard InChI is InChI=1S/C21H28N2O5S/c1-4-27-18-9-11-19(12-10-18)29(25,26)23-14-13-21(24)22-15-17-7-5-6-8-20(17)28-16(2)3/h5-12,16,23H,4,13-15H2,1-3H3,(H,22,24). The fraction of sp³-hybridized carbons (Fsp3) is 0.381. The Balaban J connectivity index is 1.82. The summed E-state index contributed by atoms with van der Waals surface area (Å²) < 4.78 is 38.1. The number of para-hydroxylation sites is 1. The highest BCUT2D eigenvalue weighted by Gasteiger charge is 2.14. The molecule has 0 radical (unpaired) electrons. The van der Waals surface area contributed by atoms with Gasteiger partial charge in [-0.05, 0) is 51.1 Å². The Hall–Kier alpha value is -2.58. The summed E-state index contributed by atoms with van der Waals surface area (Å²) in [5, 5.41) is 2.79. The van der Waals surface area contributed by atoms with Crippen LogP contribution >= 0.6 is 0 Å². The Bertz CT molecular complexity index is 896. The van der Waals surface area contributed by atoms with E-state index >= 15 is 0 Å². The lowest BCUT2D eigenvalue weighted by Crippen LogP contribution is -2.30. The third-order valence-electron chi connectivity index (χ3n) is 3.90. The zero-order valence-corrected chi connectivity index (χ0v) is 17.8. The molecule has 0 heterocycles. The number of carbonyl (C=O) groups excluding carboxylic acids is 1. The van der Waals surface area contributed by atoms with E-state index in [4.69, 9.17) is 9.47 Å². The molecule has 158 valence electrons. The first kappa shape index (κ1) is 22.7. The average Bonchev–Trinajstić information content (AvgIpc) is 2.67. The number of hydrogen-bond acceptors (Lipinski definition) is 5. The molecule has 0 saturated carbocycles. The Morgan fingerprint density at radius 2 is 1.76 bits per heavy atom. The molecule has 0 aliphatic heterocycles. The van der Waals surface area contributed by atoms with E-state index in [1.807, 2.05) is 45.0 Å². The molecular formula is C21H28N2O5S. The maximum absolute atomic E-state index is 12.3. The summed E-state index contributed by atoms with van der Waals surface area (Å²) in [6.07, 6.45) is 0.0626. The van der Waals surface area contributed by atoms with Gasteiger partial charge in [0, 0.05) is 25.1 Å². The molecule has 0 fully saturated rings. The second kappa shape index (κ2) is 10.8. The zero-order chi connectivity index (χ0) is 21.3. The van der Waals surface area contributed by atoms with E-state index in [2.05, 4.69) is 10.0 Å². The predicted molar refractivity (Wildman–Crippen MR) is 111 cm³/mol. The summed E-state index contributed by atoms with van der Waals surface area (Å²) in [5.41, 5.74) is 0.865. The molecule has 0 unspecified atom stereocenters. The quantitative estimate of drug-likeness (QED) is 0.583. The molecule has 0 bridgehead atoms. The highest BCUT2D eigenvalue weighted by atomic mass is 32.2. The van der Waals surface area contributed by atoms with Crippen molar-refractivity contribution in [2.75, 3.05) is 13.2 Å². The first-order chi connectivity index (χ1) is 13.8. The van der Waals surface area contributed by atoms with Gasteiger partial charge in [0.2, 0.25) is 15.9 Å². The van der Waals surface area contributed by atoms with Gasteiger partial charge in [0.05, 0.1) is 17.6 Å². The van der Waals surface area contributed by atoms with Gasteiger partial charge in [-0.2, -0.15) is 0 Å². The molecule has 0 aliphatic carbocycles. The summed E-state index contributed by atoms with van der Waals surface area (Å²) in [5.74, 6) is 1.07. The van der Waals surface area contributed by atoms with Gasteiger partial charge in [-0.15, -0.1) is 0 Å². The Morgan fingerprint density at radius 3 is 2.41 bits per heavy atom. The molecule has 0 spiro atoms. The lowest BCUT2D eigenvalue weighted by atomic mass is 10.2. The van der Waals surface area contributed by atoms with Gasteiger partial charge in [-0.1, -0.05) is 18.2 Å².